The lowest BCUT2D eigenvalue weighted by atomic mass is 9.64. The van der Waals surface area contributed by atoms with Crippen LogP contribution in [0.25, 0.3) is 0 Å². The Morgan fingerprint density at radius 3 is 2.68 bits per heavy atom. The first-order valence-corrected chi connectivity index (χ1v) is 8.08. The summed E-state index contributed by atoms with van der Waals surface area (Å²) in [5.74, 6) is 0.225. The molecule has 22 heavy (non-hydrogen) atoms. The molecule has 4 heteroatoms. The summed E-state index contributed by atoms with van der Waals surface area (Å²) in [6, 6.07) is 12.3. The molecular formula is C18H23N3O. The van der Waals surface area contributed by atoms with E-state index in [2.05, 4.69) is 22.5 Å². The van der Waals surface area contributed by atoms with Gasteiger partial charge in [0, 0.05) is 25.5 Å². The summed E-state index contributed by atoms with van der Waals surface area (Å²) in [5.41, 5.74) is 1.08. The zero-order valence-corrected chi connectivity index (χ0v) is 12.9. The Bertz CT molecular complexity index is 588. The Labute approximate surface area is 131 Å². The lowest BCUT2D eigenvalue weighted by Gasteiger charge is -2.40. The van der Waals surface area contributed by atoms with Crippen molar-refractivity contribution in [3.63, 3.8) is 0 Å². The summed E-state index contributed by atoms with van der Waals surface area (Å²) >= 11 is 0. The van der Waals surface area contributed by atoms with E-state index in [4.69, 9.17) is 0 Å². The minimum absolute atomic E-state index is 0.174. The molecule has 0 spiro atoms. The largest absolute Gasteiger partial charge is 0.356 e. The van der Waals surface area contributed by atoms with Crippen molar-refractivity contribution in [3.8, 4) is 0 Å². The van der Waals surface area contributed by atoms with Gasteiger partial charge >= 0.3 is 0 Å². The third-order valence-corrected chi connectivity index (χ3v) is 4.59. The van der Waals surface area contributed by atoms with Gasteiger partial charge in [-0.15, -0.1) is 0 Å². The molecule has 1 heterocycles. The molecule has 1 amide bonds. The first-order valence-electron chi connectivity index (χ1n) is 8.08. The van der Waals surface area contributed by atoms with E-state index in [1.165, 1.54) is 5.56 Å². The van der Waals surface area contributed by atoms with Crippen molar-refractivity contribution >= 4 is 5.91 Å². The minimum atomic E-state index is -0.174. The molecule has 1 N–H and O–H groups in total. The van der Waals surface area contributed by atoms with Crippen LogP contribution in [-0.4, -0.2) is 22.2 Å². The van der Waals surface area contributed by atoms with Crippen LogP contribution in [-0.2, 0) is 17.8 Å². The van der Waals surface area contributed by atoms with Crippen LogP contribution < -0.4 is 5.32 Å². The molecule has 1 aliphatic carbocycles. The third kappa shape index (κ3) is 3.38. The van der Waals surface area contributed by atoms with E-state index in [1.54, 1.807) is 6.20 Å². The van der Waals surface area contributed by atoms with E-state index < -0.39 is 0 Å². The fourth-order valence-corrected chi connectivity index (χ4v) is 3.14. The summed E-state index contributed by atoms with van der Waals surface area (Å²) in [4.78, 5) is 12.6. The molecule has 1 aromatic heterocycles. The Kier molecular flexibility index (Phi) is 4.56. The number of hydrogen-bond acceptors (Lipinski definition) is 2. The van der Waals surface area contributed by atoms with Gasteiger partial charge in [-0.3, -0.25) is 9.48 Å². The SMILES string of the molecule is O=C(NCCCn1cccn1)C1(Cc2ccccc2)CCC1. The average Bonchev–Trinajstić information content (AvgIpc) is 3.01. The molecule has 116 valence electrons. The summed E-state index contributed by atoms with van der Waals surface area (Å²) < 4.78 is 1.90. The van der Waals surface area contributed by atoms with E-state index in [9.17, 15) is 4.79 Å². The number of amides is 1. The number of aromatic nitrogens is 2. The van der Waals surface area contributed by atoms with Crippen LogP contribution in [0.5, 0.6) is 0 Å². The molecule has 1 aromatic carbocycles. The molecular weight excluding hydrogens is 274 g/mol. The summed E-state index contributed by atoms with van der Waals surface area (Å²) in [7, 11) is 0. The molecule has 2 aromatic rings. The zero-order valence-electron chi connectivity index (χ0n) is 12.9. The highest BCUT2D eigenvalue weighted by Crippen LogP contribution is 2.43. The van der Waals surface area contributed by atoms with Gasteiger partial charge in [0.05, 0.1) is 5.41 Å². The minimum Gasteiger partial charge on any atom is -0.356 e. The maximum Gasteiger partial charge on any atom is 0.226 e. The van der Waals surface area contributed by atoms with Gasteiger partial charge in [-0.1, -0.05) is 36.8 Å². The van der Waals surface area contributed by atoms with Crippen molar-refractivity contribution in [2.75, 3.05) is 6.54 Å². The van der Waals surface area contributed by atoms with Gasteiger partial charge in [0.1, 0.15) is 0 Å². The molecule has 0 unspecified atom stereocenters. The van der Waals surface area contributed by atoms with Crippen molar-refractivity contribution in [2.24, 2.45) is 5.41 Å². The predicted molar refractivity (Wildman–Crippen MR) is 86.3 cm³/mol. The molecule has 0 radical (unpaired) electrons. The number of carbonyl (C=O) groups is 1. The van der Waals surface area contributed by atoms with Crippen molar-refractivity contribution in [1.82, 2.24) is 15.1 Å². The van der Waals surface area contributed by atoms with Crippen LogP contribution in [0.4, 0.5) is 0 Å². The fourth-order valence-electron chi connectivity index (χ4n) is 3.14. The number of nitrogens with zero attached hydrogens (tertiary/aromatic N) is 2. The third-order valence-electron chi connectivity index (χ3n) is 4.59. The molecule has 0 aliphatic heterocycles. The van der Waals surface area contributed by atoms with Gasteiger partial charge in [0.2, 0.25) is 5.91 Å². The van der Waals surface area contributed by atoms with E-state index >= 15 is 0 Å². The lowest BCUT2D eigenvalue weighted by molar-refractivity contribution is -0.135. The standard InChI is InChI=1S/C18H23N3O/c22-17(19-11-5-13-21-14-6-12-20-21)18(9-4-10-18)15-16-7-2-1-3-8-16/h1-3,6-8,12,14H,4-5,9-11,13,15H2,(H,19,22). The maximum absolute atomic E-state index is 12.6. The molecule has 3 rings (SSSR count). The zero-order chi connectivity index (χ0) is 15.3. The second kappa shape index (κ2) is 6.77. The van der Waals surface area contributed by atoms with Gasteiger partial charge in [0.25, 0.3) is 0 Å². The first kappa shape index (κ1) is 14.8. The molecule has 4 nitrogen and oxygen atoms in total. The van der Waals surface area contributed by atoms with Crippen LogP contribution >= 0.6 is 0 Å². The highest BCUT2D eigenvalue weighted by Gasteiger charge is 2.43. The van der Waals surface area contributed by atoms with Gasteiger partial charge in [0.15, 0.2) is 0 Å². The van der Waals surface area contributed by atoms with Gasteiger partial charge in [-0.25, -0.2) is 0 Å². The Morgan fingerprint density at radius 2 is 2.05 bits per heavy atom. The summed E-state index contributed by atoms with van der Waals surface area (Å²) in [6.07, 6.45) is 8.67. The summed E-state index contributed by atoms with van der Waals surface area (Å²) in [6.45, 7) is 1.56. The van der Waals surface area contributed by atoms with Gasteiger partial charge in [-0.05, 0) is 37.3 Å². The monoisotopic (exact) mass is 297 g/mol. The molecule has 0 atom stereocenters. The van der Waals surface area contributed by atoms with Crippen molar-refractivity contribution in [1.29, 1.82) is 0 Å². The second-order valence-corrected chi connectivity index (χ2v) is 6.17. The van der Waals surface area contributed by atoms with Crippen molar-refractivity contribution in [2.45, 2.75) is 38.6 Å². The number of carbonyl (C=O) groups excluding carboxylic acids is 1. The van der Waals surface area contributed by atoms with Crippen molar-refractivity contribution < 1.29 is 4.79 Å². The molecule has 0 saturated heterocycles. The van der Waals surface area contributed by atoms with Gasteiger partial charge in [-0.2, -0.15) is 5.10 Å². The molecule has 1 saturated carbocycles. The van der Waals surface area contributed by atoms with E-state index in [-0.39, 0.29) is 11.3 Å². The van der Waals surface area contributed by atoms with E-state index in [1.807, 2.05) is 35.1 Å². The van der Waals surface area contributed by atoms with E-state index in [0.717, 1.165) is 45.2 Å². The van der Waals surface area contributed by atoms with Crippen LogP contribution in [0.3, 0.4) is 0 Å². The lowest BCUT2D eigenvalue weighted by Crippen LogP contribution is -2.47. The number of benzene rings is 1. The number of nitrogens with one attached hydrogen (secondary N) is 1. The summed E-state index contributed by atoms with van der Waals surface area (Å²) in [5, 5.41) is 7.30. The quantitative estimate of drug-likeness (QED) is 0.799. The Morgan fingerprint density at radius 1 is 1.23 bits per heavy atom. The normalized spacial score (nSPS) is 16.0. The van der Waals surface area contributed by atoms with Crippen LogP contribution in [0.2, 0.25) is 0 Å². The smallest absolute Gasteiger partial charge is 0.226 e. The van der Waals surface area contributed by atoms with E-state index in [0.29, 0.717) is 0 Å². The Balaban J connectivity index is 1.49. The predicted octanol–water partition coefficient (Wildman–Crippen LogP) is 2.80. The second-order valence-electron chi connectivity index (χ2n) is 6.17. The van der Waals surface area contributed by atoms with Crippen LogP contribution in [0.1, 0.15) is 31.2 Å². The average molecular weight is 297 g/mol. The van der Waals surface area contributed by atoms with Crippen molar-refractivity contribution in [3.05, 3.63) is 54.4 Å². The number of rotatable bonds is 7. The maximum atomic E-state index is 12.6. The molecule has 1 fully saturated rings. The number of aryl methyl sites for hydroxylation is 1. The Hall–Kier alpha value is -2.10. The molecule has 1 aliphatic rings. The number of hydrogen-bond donors (Lipinski definition) is 1. The topological polar surface area (TPSA) is 46.9 Å². The molecule has 0 bridgehead atoms. The van der Waals surface area contributed by atoms with Gasteiger partial charge < -0.3 is 5.32 Å². The van der Waals surface area contributed by atoms with Crippen LogP contribution in [0, 0.1) is 5.41 Å². The first-order chi connectivity index (χ1) is 10.8. The highest BCUT2D eigenvalue weighted by molar-refractivity contribution is 5.83. The van der Waals surface area contributed by atoms with Crippen LogP contribution in [0.15, 0.2) is 48.8 Å². The highest BCUT2D eigenvalue weighted by atomic mass is 16.2. The fraction of sp³-hybridized carbons (Fsp3) is 0.444.